The first-order valence-corrected chi connectivity index (χ1v) is 3.24. The molecule has 0 radical (unpaired) electrons. The van der Waals surface area contributed by atoms with Gasteiger partial charge in [0, 0.05) is 27.7 Å². The highest BCUT2D eigenvalue weighted by Gasteiger charge is 2.01. The molecule has 4 heteroatoms. The summed E-state index contributed by atoms with van der Waals surface area (Å²) in [4.78, 5) is 0. The molecular formula is C6H16N2O2. The standard InChI is InChI=1S/C6H16N2O2/c1-8(2)7-4-6(9)5-10-3/h6-7,9H,4-5H2,1-3H3. The molecule has 4 nitrogen and oxygen atoms in total. The predicted molar refractivity (Wildman–Crippen MR) is 39.6 cm³/mol. The van der Waals surface area contributed by atoms with Gasteiger partial charge in [0.15, 0.2) is 0 Å². The van der Waals surface area contributed by atoms with E-state index in [1.165, 1.54) is 0 Å². The lowest BCUT2D eigenvalue weighted by Crippen LogP contribution is -2.38. The van der Waals surface area contributed by atoms with Crippen LogP contribution >= 0.6 is 0 Å². The van der Waals surface area contributed by atoms with Crippen LogP contribution in [0.15, 0.2) is 0 Å². The molecule has 0 aromatic carbocycles. The Labute approximate surface area is 61.8 Å². The normalized spacial score (nSPS) is 14.1. The summed E-state index contributed by atoms with van der Waals surface area (Å²) in [6.45, 7) is 0.904. The maximum absolute atomic E-state index is 9.08. The van der Waals surface area contributed by atoms with E-state index in [0.29, 0.717) is 13.2 Å². The van der Waals surface area contributed by atoms with Gasteiger partial charge in [0.25, 0.3) is 0 Å². The Morgan fingerprint density at radius 3 is 2.60 bits per heavy atom. The topological polar surface area (TPSA) is 44.7 Å². The molecule has 10 heavy (non-hydrogen) atoms. The van der Waals surface area contributed by atoms with E-state index < -0.39 is 6.10 Å². The van der Waals surface area contributed by atoms with Crippen molar-refractivity contribution in [3.8, 4) is 0 Å². The molecule has 0 aliphatic heterocycles. The first-order chi connectivity index (χ1) is 4.66. The van der Waals surface area contributed by atoms with Gasteiger partial charge in [-0.2, -0.15) is 0 Å². The third-order valence-electron chi connectivity index (χ3n) is 1.00. The average Bonchev–Trinajstić information content (AvgIpc) is 1.85. The molecule has 2 N–H and O–H groups in total. The molecule has 0 heterocycles. The van der Waals surface area contributed by atoms with Crippen molar-refractivity contribution in [2.45, 2.75) is 6.10 Å². The number of aliphatic hydroxyl groups excluding tert-OH is 1. The number of nitrogens with one attached hydrogen (secondary N) is 1. The van der Waals surface area contributed by atoms with Gasteiger partial charge < -0.3 is 9.84 Å². The van der Waals surface area contributed by atoms with Crippen LogP contribution < -0.4 is 5.43 Å². The first-order valence-electron chi connectivity index (χ1n) is 3.24. The van der Waals surface area contributed by atoms with Crippen LogP contribution in [0.3, 0.4) is 0 Å². The van der Waals surface area contributed by atoms with E-state index in [9.17, 15) is 0 Å². The van der Waals surface area contributed by atoms with E-state index in [0.717, 1.165) is 0 Å². The van der Waals surface area contributed by atoms with Crippen LogP contribution in [0.4, 0.5) is 0 Å². The second kappa shape index (κ2) is 5.61. The summed E-state index contributed by atoms with van der Waals surface area (Å²) >= 11 is 0. The fraction of sp³-hybridized carbons (Fsp3) is 1.00. The number of hydrogen-bond acceptors (Lipinski definition) is 4. The summed E-state index contributed by atoms with van der Waals surface area (Å²) in [5, 5.41) is 10.9. The Hall–Kier alpha value is -0.160. The number of hydrazine groups is 1. The van der Waals surface area contributed by atoms with Crippen LogP contribution in [-0.4, -0.2) is 50.6 Å². The number of rotatable bonds is 5. The van der Waals surface area contributed by atoms with Gasteiger partial charge in [-0.25, -0.2) is 0 Å². The molecule has 0 saturated heterocycles. The van der Waals surface area contributed by atoms with E-state index in [-0.39, 0.29) is 0 Å². The van der Waals surface area contributed by atoms with Crippen molar-refractivity contribution in [3.63, 3.8) is 0 Å². The number of methoxy groups -OCH3 is 1. The largest absolute Gasteiger partial charge is 0.389 e. The zero-order valence-corrected chi connectivity index (χ0v) is 6.79. The van der Waals surface area contributed by atoms with Crippen LogP contribution in [0, 0.1) is 0 Å². The van der Waals surface area contributed by atoms with Crippen molar-refractivity contribution in [3.05, 3.63) is 0 Å². The average molecular weight is 148 g/mol. The zero-order valence-electron chi connectivity index (χ0n) is 6.79. The quantitative estimate of drug-likeness (QED) is 0.494. The third kappa shape index (κ3) is 5.97. The number of aliphatic hydroxyl groups is 1. The Bertz CT molecular complexity index is 78.1. The molecule has 62 valence electrons. The second-order valence-electron chi connectivity index (χ2n) is 2.37. The van der Waals surface area contributed by atoms with E-state index in [1.807, 2.05) is 14.1 Å². The molecule has 0 aliphatic rings. The summed E-state index contributed by atoms with van der Waals surface area (Å²) < 4.78 is 4.73. The van der Waals surface area contributed by atoms with E-state index in [2.05, 4.69) is 5.43 Å². The van der Waals surface area contributed by atoms with Crippen molar-refractivity contribution >= 4 is 0 Å². The first kappa shape index (κ1) is 9.84. The Balaban J connectivity index is 3.12. The van der Waals surface area contributed by atoms with Crippen LogP contribution in [0.5, 0.6) is 0 Å². The highest BCUT2D eigenvalue weighted by molar-refractivity contribution is 4.54. The molecule has 0 amide bonds. The zero-order chi connectivity index (χ0) is 7.98. The van der Waals surface area contributed by atoms with Crippen LogP contribution in [0.25, 0.3) is 0 Å². The summed E-state index contributed by atoms with van der Waals surface area (Å²) in [5.74, 6) is 0. The minimum absolute atomic E-state index is 0.376. The maximum atomic E-state index is 9.08. The summed E-state index contributed by atoms with van der Waals surface area (Å²) in [5.41, 5.74) is 2.93. The van der Waals surface area contributed by atoms with Crippen LogP contribution in [0.1, 0.15) is 0 Å². The number of hydrogen-bond donors (Lipinski definition) is 2. The second-order valence-corrected chi connectivity index (χ2v) is 2.37. The summed E-state index contributed by atoms with van der Waals surface area (Å²) in [6.07, 6.45) is -0.424. The molecular weight excluding hydrogens is 132 g/mol. The molecule has 0 rings (SSSR count). The van der Waals surface area contributed by atoms with Crippen molar-refractivity contribution in [1.29, 1.82) is 0 Å². The highest BCUT2D eigenvalue weighted by atomic mass is 16.5. The molecule has 0 aliphatic carbocycles. The molecule has 1 atom stereocenters. The lowest BCUT2D eigenvalue weighted by atomic mass is 10.4. The minimum Gasteiger partial charge on any atom is -0.389 e. The van der Waals surface area contributed by atoms with Gasteiger partial charge in [0.1, 0.15) is 0 Å². The molecule has 0 bridgehead atoms. The van der Waals surface area contributed by atoms with E-state index in [1.54, 1.807) is 12.1 Å². The summed E-state index contributed by atoms with van der Waals surface area (Å²) in [6, 6.07) is 0. The van der Waals surface area contributed by atoms with Crippen molar-refractivity contribution < 1.29 is 9.84 Å². The van der Waals surface area contributed by atoms with E-state index >= 15 is 0 Å². The molecule has 1 unspecified atom stereocenters. The molecule has 0 aromatic heterocycles. The van der Waals surface area contributed by atoms with Crippen molar-refractivity contribution in [1.82, 2.24) is 10.4 Å². The minimum atomic E-state index is -0.424. The fourth-order valence-corrected chi connectivity index (χ4v) is 0.539. The summed E-state index contributed by atoms with van der Waals surface area (Å²) in [7, 11) is 5.32. The van der Waals surface area contributed by atoms with Gasteiger partial charge in [-0.3, -0.25) is 10.4 Å². The lowest BCUT2D eigenvalue weighted by molar-refractivity contribution is 0.0530. The number of ether oxygens (including phenoxy) is 1. The van der Waals surface area contributed by atoms with Crippen molar-refractivity contribution in [2.75, 3.05) is 34.4 Å². The monoisotopic (exact) mass is 148 g/mol. The third-order valence-corrected chi connectivity index (χ3v) is 1.00. The maximum Gasteiger partial charge on any atom is 0.0911 e. The highest BCUT2D eigenvalue weighted by Crippen LogP contribution is 1.80. The van der Waals surface area contributed by atoms with Gasteiger partial charge >= 0.3 is 0 Å². The smallest absolute Gasteiger partial charge is 0.0911 e. The van der Waals surface area contributed by atoms with Gasteiger partial charge in [0.2, 0.25) is 0 Å². The molecule has 0 aromatic rings. The SMILES string of the molecule is COCC(O)CNN(C)C. The van der Waals surface area contributed by atoms with E-state index in [4.69, 9.17) is 9.84 Å². The molecule has 0 fully saturated rings. The Morgan fingerprint density at radius 2 is 2.20 bits per heavy atom. The van der Waals surface area contributed by atoms with Gasteiger partial charge in [0.05, 0.1) is 12.7 Å². The number of nitrogens with zero attached hydrogens (tertiary/aromatic N) is 1. The Morgan fingerprint density at radius 1 is 1.60 bits per heavy atom. The molecule has 0 saturated carbocycles. The van der Waals surface area contributed by atoms with Crippen LogP contribution in [0.2, 0.25) is 0 Å². The van der Waals surface area contributed by atoms with Gasteiger partial charge in [-0.05, 0) is 0 Å². The fourth-order valence-electron chi connectivity index (χ4n) is 0.539. The predicted octanol–water partition coefficient (Wildman–Crippen LogP) is -0.940. The Kier molecular flexibility index (Phi) is 5.52. The van der Waals surface area contributed by atoms with Gasteiger partial charge in [-0.15, -0.1) is 0 Å². The molecule has 0 spiro atoms. The lowest BCUT2D eigenvalue weighted by Gasteiger charge is -2.15. The van der Waals surface area contributed by atoms with Crippen LogP contribution in [-0.2, 0) is 4.74 Å². The van der Waals surface area contributed by atoms with Gasteiger partial charge in [-0.1, -0.05) is 0 Å². The van der Waals surface area contributed by atoms with Crippen molar-refractivity contribution in [2.24, 2.45) is 0 Å².